The third-order valence-electron chi connectivity index (χ3n) is 11.0. The summed E-state index contributed by atoms with van der Waals surface area (Å²) >= 11 is 0. The van der Waals surface area contributed by atoms with Crippen LogP contribution in [0.2, 0.25) is 0 Å². The first-order chi connectivity index (χ1) is 31.4. The van der Waals surface area contributed by atoms with Gasteiger partial charge in [0, 0.05) is 47.3 Å². The van der Waals surface area contributed by atoms with E-state index in [0.29, 0.717) is 28.2 Å². The normalized spacial score (nSPS) is 12.1. The molecule has 0 amide bonds. The van der Waals surface area contributed by atoms with Crippen molar-refractivity contribution in [1.82, 2.24) is 19.5 Å². The third-order valence-corrected chi connectivity index (χ3v) is 11.0. The fraction of sp³-hybridized carbons (Fsp3) is 0.127. The zero-order valence-electron chi connectivity index (χ0n) is 37.9. The van der Waals surface area contributed by atoms with E-state index in [9.17, 15) is 9.65 Å². The molecule has 0 bridgehead atoms. The number of para-hydroxylation sites is 2. The SMILES string of the molecule is CC(C)c1cc(-c2ccc(-c3ccccc3)cc2)cc(C(C)C)c1-n1c(-c2[c-]ccc3c2oc2nc(C#N)ccc23)nc2ccccc21.[2H]C([2H])([2H])c1ccc(-c2[c-]cc(F)cc2)nc1.[Ir]. The number of benzene rings is 6. The van der Waals surface area contributed by atoms with E-state index in [2.05, 4.69) is 139 Å². The molecular formula is C55H42FIrN5O-2. The average Bonchev–Trinajstić information content (AvgIpc) is 3.90. The summed E-state index contributed by atoms with van der Waals surface area (Å²) in [6.07, 6.45) is 1.31. The van der Waals surface area contributed by atoms with Crippen LogP contribution in [0.5, 0.6) is 0 Å². The molecule has 0 aliphatic heterocycles. The molecule has 0 N–H and O–H groups in total. The largest absolute Gasteiger partial charge is 0.486 e. The second-order valence-electron chi connectivity index (χ2n) is 15.7. The molecule has 10 rings (SSSR count). The van der Waals surface area contributed by atoms with Gasteiger partial charge in [0.1, 0.15) is 11.8 Å². The first-order valence-electron chi connectivity index (χ1n) is 22.0. The number of hydrogen-bond acceptors (Lipinski definition) is 5. The summed E-state index contributed by atoms with van der Waals surface area (Å²) in [6.45, 7) is 6.88. The molecular weight excluding hydrogens is 958 g/mol. The Morgan fingerprint density at radius 2 is 1.43 bits per heavy atom. The monoisotopic (exact) mass is 1000 g/mol. The van der Waals surface area contributed by atoms with Crippen LogP contribution >= 0.6 is 0 Å². The number of nitrogens with zero attached hydrogens (tertiary/aromatic N) is 5. The first kappa shape index (κ1) is 38.9. The molecule has 0 aliphatic carbocycles. The van der Waals surface area contributed by atoms with Crippen molar-refractivity contribution in [3.63, 3.8) is 0 Å². The van der Waals surface area contributed by atoms with E-state index >= 15 is 0 Å². The summed E-state index contributed by atoms with van der Waals surface area (Å²) in [5.74, 6) is 0.849. The Bertz CT molecular complexity index is 3350. The number of fused-ring (bicyclic) bond motifs is 4. The van der Waals surface area contributed by atoms with Gasteiger partial charge in [-0.05, 0) is 99.7 Å². The van der Waals surface area contributed by atoms with E-state index in [0.717, 1.165) is 38.9 Å². The minimum atomic E-state index is -2.15. The van der Waals surface area contributed by atoms with Gasteiger partial charge >= 0.3 is 0 Å². The van der Waals surface area contributed by atoms with Crippen LogP contribution in [0.4, 0.5) is 4.39 Å². The van der Waals surface area contributed by atoms with Gasteiger partial charge in [0.15, 0.2) is 0 Å². The van der Waals surface area contributed by atoms with Crippen molar-refractivity contribution in [3.8, 4) is 56.7 Å². The maximum atomic E-state index is 12.7. The van der Waals surface area contributed by atoms with Crippen LogP contribution in [0.25, 0.3) is 83.7 Å². The topological polar surface area (TPSA) is 80.5 Å². The fourth-order valence-corrected chi connectivity index (χ4v) is 7.86. The number of pyridine rings is 2. The molecule has 4 heterocycles. The summed E-state index contributed by atoms with van der Waals surface area (Å²) in [7, 11) is 0. The number of halogens is 1. The van der Waals surface area contributed by atoms with Gasteiger partial charge < -0.3 is 14.0 Å². The number of aryl methyl sites for hydroxylation is 1. The molecule has 0 saturated heterocycles. The minimum absolute atomic E-state index is 0. The molecule has 0 aliphatic rings. The molecule has 0 atom stereocenters. The Morgan fingerprint density at radius 1 is 0.730 bits per heavy atom. The van der Waals surface area contributed by atoms with Crippen molar-refractivity contribution in [1.29, 1.82) is 5.26 Å². The predicted octanol–water partition coefficient (Wildman–Crippen LogP) is 14.2. The molecule has 6 nitrogen and oxygen atoms in total. The summed E-state index contributed by atoms with van der Waals surface area (Å²) < 4.78 is 43.0. The maximum Gasteiger partial charge on any atom is 0.217 e. The molecule has 8 heteroatoms. The summed E-state index contributed by atoms with van der Waals surface area (Å²) in [4.78, 5) is 13.7. The van der Waals surface area contributed by atoms with E-state index in [-0.39, 0.29) is 43.3 Å². The zero-order chi connectivity index (χ0) is 45.4. The van der Waals surface area contributed by atoms with E-state index in [4.69, 9.17) is 13.5 Å². The zero-order valence-corrected chi connectivity index (χ0v) is 37.3. The molecule has 0 fully saturated rings. The van der Waals surface area contributed by atoms with Gasteiger partial charge in [0.2, 0.25) is 5.71 Å². The number of furan rings is 1. The predicted molar refractivity (Wildman–Crippen MR) is 247 cm³/mol. The fourth-order valence-electron chi connectivity index (χ4n) is 7.86. The summed E-state index contributed by atoms with van der Waals surface area (Å²) in [6, 6.07) is 55.4. The van der Waals surface area contributed by atoms with Gasteiger partial charge in [-0.3, -0.25) is 9.37 Å². The van der Waals surface area contributed by atoms with E-state index in [1.54, 1.807) is 18.2 Å². The second-order valence-corrected chi connectivity index (χ2v) is 15.7. The molecule has 311 valence electrons. The van der Waals surface area contributed by atoms with E-state index in [1.807, 2.05) is 30.3 Å². The quantitative estimate of drug-likeness (QED) is 0.149. The van der Waals surface area contributed by atoms with Gasteiger partial charge in [-0.15, -0.1) is 48.0 Å². The van der Waals surface area contributed by atoms with Crippen LogP contribution in [0.15, 0.2) is 156 Å². The number of hydrogen-bond donors (Lipinski definition) is 0. The summed E-state index contributed by atoms with van der Waals surface area (Å²) in [5, 5.41) is 11.2. The molecule has 4 aromatic heterocycles. The molecule has 10 aromatic rings. The number of nitriles is 1. The van der Waals surface area contributed by atoms with Crippen LogP contribution in [0.1, 0.15) is 66.0 Å². The maximum absolute atomic E-state index is 12.7. The van der Waals surface area contributed by atoms with Crippen LogP contribution in [0.3, 0.4) is 0 Å². The number of rotatable bonds is 7. The molecule has 6 aromatic carbocycles. The molecule has 1 radical (unpaired) electrons. The Morgan fingerprint density at radius 3 is 2.08 bits per heavy atom. The average molecular weight is 1000 g/mol. The Kier molecular flexibility index (Phi) is 11.2. The third kappa shape index (κ3) is 8.46. The van der Waals surface area contributed by atoms with Crippen LogP contribution in [0, 0.1) is 36.1 Å². The molecule has 63 heavy (non-hydrogen) atoms. The molecule has 0 saturated carbocycles. The molecule has 0 unspecified atom stereocenters. The van der Waals surface area contributed by atoms with E-state index in [1.165, 1.54) is 57.8 Å². The van der Waals surface area contributed by atoms with Gasteiger partial charge in [-0.2, -0.15) is 5.26 Å². The van der Waals surface area contributed by atoms with Crippen molar-refractivity contribution in [3.05, 3.63) is 192 Å². The number of aromatic nitrogens is 4. The van der Waals surface area contributed by atoms with Gasteiger partial charge in [0.25, 0.3) is 0 Å². The van der Waals surface area contributed by atoms with Crippen LogP contribution in [-0.4, -0.2) is 19.5 Å². The molecule has 0 spiro atoms. The van der Waals surface area contributed by atoms with Gasteiger partial charge in [-0.25, -0.2) is 4.98 Å². The van der Waals surface area contributed by atoms with Crippen molar-refractivity contribution in [2.45, 2.75) is 46.4 Å². The van der Waals surface area contributed by atoms with Gasteiger partial charge in [0.05, 0.1) is 22.4 Å². The number of imidazole rings is 1. The van der Waals surface area contributed by atoms with Crippen molar-refractivity contribution < 1.29 is 33.0 Å². The first-order valence-corrected chi connectivity index (χ1v) is 20.5. The Hall–Kier alpha value is -7.04. The Labute approximate surface area is 384 Å². The van der Waals surface area contributed by atoms with Crippen LogP contribution in [-0.2, 0) is 20.1 Å². The summed E-state index contributed by atoms with van der Waals surface area (Å²) in [5.41, 5.74) is 13.9. The van der Waals surface area contributed by atoms with Crippen molar-refractivity contribution in [2.75, 3.05) is 0 Å². The van der Waals surface area contributed by atoms with Crippen molar-refractivity contribution >= 4 is 33.1 Å². The second kappa shape index (κ2) is 18.1. The standard InChI is InChI=1S/C43H33N4O.C12H9FN.Ir/c1-26(2)36-23-31(30-19-17-29(18-20-30)28-11-6-5-7-12-28)24-37(27(3)4)40(36)47-39-16-9-8-15-38(39)46-42(47)35-14-10-13-33-34-22-21-32(25-44)45-43(34)48-41(33)35;1-9-2-7-12(14-8-9)10-3-5-11(13)6-4-10;/h5-13,15-24,26-27H,1-4H3;2-3,5-8H,1H3;/q2*-1;/i;1D3;. The minimum Gasteiger partial charge on any atom is -0.486 e. The Balaban J connectivity index is 0.000000278. The van der Waals surface area contributed by atoms with E-state index < -0.39 is 6.85 Å². The smallest absolute Gasteiger partial charge is 0.217 e. The van der Waals surface area contributed by atoms with Crippen molar-refractivity contribution in [2.24, 2.45) is 0 Å². The van der Waals surface area contributed by atoms with Gasteiger partial charge in [-0.1, -0.05) is 118 Å². The van der Waals surface area contributed by atoms with Crippen LogP contribution < -0.4 is 0 Å².